The first kappa shape index (κ1) is 12.1. The van der Waals surface area contributed by atoms with Gasteiger partial charge in [-0.05, 0) is 26.2 Å². The van der Waals surface area contributed by atoms with E-state index in [1.54, 1.807) is 18.9 Å². The summed E-state index contributed by atoms with van der Waals surface area (Å²) in [4.78, 5) is 12.1. The Labute approximate surface area is 95.0 Å². The number of hydrogen-bond donors (Lipinski definition) is 0. The molecule has 1 rings (SSSR count). The zero-order valence-corrected chi connectivity index (χ0v) is 10.4. The second kappa shape index (κ2) is 4.71. The van der Waals surface area contributed by atoms with Gasteiger partial charge in [0.1, 0.15) is 12.0 Å². The van der Waals surface area contributed by atoms with E-state index in [1.165, 1.54) is 0 Å². The van der Waals surface area contributed by atoms with Crippen LogP contribution in [0.15, 0.2) is 23.1 Å². The van der Waals surface area contributed by atoms with Gasteiger partial charge in [0.2, 0.25) is 0 Å². The average molecular weight is 224 g/mol. The van der Waals surface area contributed by atoms with Crippen molar-refractivity contribution in [3.05, 3.63) is 23.8 Å². The van der Waals surface area contributed by atoms with E-state index in [9.17, 15) is 4.79 Å². The van der Waals surface area contributed by atoms with Crippen LogP contribution in [0.4, 0.5) is 0 Å². The minimum absolute atomic E-state index is 0.503. The Kier molecular flexibility index (Phi) is 3.80. The summed E-state index contributed by atoms with van der Waals surface area (Å²) in [6.45, 7) is 3.78. The third-order valence-electron chi connectivity index (χ3n) is 2.39. The molecule has 0 atom stereocenters. The third-order valence-corrected chi connectivity index (χ3v) is 3.15. The first-order valence-corrected chi connectivity index (χ1v) is 5.97. The molecule has 0 saturated carbocycles. The maximum absolute atomic E-state index is 11.0. The summed E-state index contributed by atoms with van der Waals surface area (Å²) in [5.41, 5.74) is 0.434. The molecule has 0 spiro atoms. The summed E-state index contributed by atoms with van der Waals surface area (Å²) >= 11 is 1.62. The second-order valence-corrected chi connectivity index (χ2v) is 4.73. The standard InChI is InChI=1S/C12H16O2S/c1-12(2,8-13)9-6-5-7-10(15-4)11(9)14-3/h5-8H,1-4H3. The molecule has 0 radical (unpaired) electrons. The van der Waals surface area contributed by atoms with Gasteiger partial charge in [0.15, 0.2) is 0 Å². The lowest BCUT2D eigenvalue weighted by molar-refractivity contribution is -0.111. The van der Waals surface area contributed by atoms with Gasteiger partial charge in [-0.2, -0.15) is 0 Å². The number of carbonyl (C=O) groups is 1. The van der Waals surface area contributed by atoms with Crippen LogP contribution in [-0.4, -0.2) is 19.7 Å². The molecule has 0 saturated heterocycles. The zero-order chi connectivity index (χ0) is 11.5. The highest BCUT2D eigenvalue weighted by atomic mass is 32.2. The van der Waals surface area contributed by atoms with Crippen LogP contribution >= 0.6 is 11.8 Å². The second-order valence-electron chi connectivity index (χ2n) is 3.88. The number of hydrogen-bond acceptors (Lipinski definition) is 3. The fraction of sp³-hybridized carbons (Fsp3) is 0.417. The number of carbonyl (C=O) groups excluding carboxylic acids is 1. The van der Waals surface area contributed by atoms with Gasteiger partial charge in [0.05, 0.1) is 7.11 Å². The SMILES string of the molecule is COc1c(SC)cccc1C(C)(C)C=O. The number of rotatable bonds is 4. The minimum Gasteiger partial charge on any atom is -0.495 e. The van der Waals surface area contributed by atoms with Crippen LogP contribution in [0.3, 0.4) is 0 Å². The molecule has 15 heavy (non-hydrogen) atoms. The predicted molar refractivity (Wildman–Crippen MR) is 63.9 cm³/mol. The van der Waals surface area contributed by atoms with Gasteiger partial charge < -0.3 is 9.53 Å². The lowest BCUT2D eigenvalue weighted by Crippen LogP contribution is -2.19. The van der Waals surface area contributed by atoms with Gasteiger partial charge in [0, 0.05) is 15.9 Å². The van der Waals surface area contributed by atoms with E-state index in [0.717, 1.165) is 22.5 Å². The van der Waals surface area contributed by atoms with Crippen LogP contribution in [0.5, 0.6) is 5.75 Å². The lowest BCUT2D eigenvalue weighted by Gasteiger charge is -2.22. The Hall–Kier alpha value is -0.960. The molecule has 0 aliphatic heterocycles. The van der Waals surface area contributed by atoms with E-state index in [4.69, 9.17) is 4.74 Å². The first-order valence-electron chi connectivity index (χ1n) is 4.74. The topological polar surface area (TPSA) is 26.3 Å². The molecular formula is C12H16O2S. The van der Waals surface area contributed by atoms with Gasteiger partial charge in [-0.1, -0.05) is 12.1 Å². The summed E-state index contributed by atoms with van der Waals surface area (Å²) in [7, 11) is 1.64. The summed E-state index contributed by atoms with van der Waals surface area (Å²) in [5.74, 6) is 0.808. The fourth-order valence-corrected chi connectivity index (χ4v) is 2.05. The molecule has 1 aromatic rings. The van der Waals surface area contributed by atoms with Crippen molar-refractivity contribution in [2.24, 2.45) is 0 Å². The molecule has 0 bridgehead atoms. The fourth-order valence-electron chi connectivity index (χ4n) is 1.46. The molecule has 0 aliphatic carbocycles. The molecule has 0 aromatic heterocycles. The lowest BCUT2D eigenvalue weighted by atomic mass is 9.86. The quantitative estimate of drug-likeness (QED) is 0.581. The molecule has 0 N–H and O–H groups in total. The Morgan fingerprint density at radius 1 is 1.40 bits per heavy atom. The van der Waals surface area contributed by atoms with Crippen molar-refractivity contribution in [1.82, 2.24) is 0 Å². The Bertz CT molecular complexity index is 359. The van der Waals surface area contributed by atoms with E-state index in [1.807, 2.05) is 38.3 Å². The van der Waals surface area contributed by atoms with Crippen LogP contribution < -0.4 is 4.74 Å². The number of benzene rings is 1. The van der Waals surface area contributed by atoms with Crippen molar-refractivity contribution in [2.45, 2.75) is 24.2 Å². The highest BCUT2D eigenvalue weighted by molar-refractivity contribution is 7.98. The van der Waals surface area contributed by atoms with Gasteiger partial charge in [-0.3, -0.25) is 0 Å². The molecule has 0 unspecified atom stereocenters. The molecule has 0 fully saturated rings. The van der Waals surface area contributed by atoms with Crippen LogP contribution in [-0.2, 0) is 10.2 Å². The molecule has 82 valence electrons. The predicted octanol–water partition coefficient (Wildman–Crippen LogP) is 2.89. The molecule has 1 aromatic carbocycles. The van der Waals surface area contributed by atoms with Gasteiger partial charge in [-0.15, -0.1) is 11.8 Å². The number of methoxy groups -OCH3 is 1. The van der Waals surface area contributed by atoms with E-state index in [2.05, 4.69) is 0 Å². The van der Waals surface area contributed by atoms with Gasteiger partial charge >= 0.3 is 0 Å². The Morgan fingerprint density at radius 2 is 2.07 bits per heavy atom. The Balaban J connectivity index is 3.35. The summed E-state index contributed by atoms with van der Waals surface area (Å²) < 4.78 is 5.38. The van der Waals surface area contributed by atoms with Crippen LogP contribution in [0.1, 0.15) is 19.4 Å². The highest BCUT2D eigenvalue weighted by Gasteiger charge is 2.24. The number of para-hydroxylation sites is 1. The summed E-state index contributed by atoms with van der Waals surface area (Å²) in [6.07, 6.45) is 2.95. The first-order chi connectivity index (χ1) is 7.06. The third kappa shape index (κ3) is 2.34. The largest absolute Gasteiger partial charge is 0.495 e. The van der Waals surface area contributed by atoms with Crippen LogP contribution in [0, 0.1) is 0 Å². The molecule has 2 nitrogen and oxygen atoms in total. The molecule has 0 amide bonds. The average Bonchev–Trinajstić information content (AvgIpc) is 2.27. The van der Waals surface area contributed by atoms with E-state index < -0.39 is 5.41 Å². The van der Waals surface area contributed by atoms with Crippen molar-refractivity contribution < 1.29 is 9.53 Å². The minimum atomic E-state index is -0.503. The maximum atomic E-state index is 11.0. The van der Waals surface area contributed by atoms with Crippen molar-refractivity contribution in [3.8, 4) is 5.75 Å². The van der Waals surface area contributed by atoms with E-state index in [0.29, 0.717) is 0 Å². The Morgan fingerprint density at radius 3 is 2.53 bits per heavy atom. The van der Waals surface area contributed by atoms with Crippen molar-refractivity contribution in [2.75, 3.05) is 13.4 Å². The maximum Gasteiger partial charge on any atom is 0.136 e. The van der Waals surface area contributed by atoms with Crippen molar-refractivity contribution in [3.63, 3.8) is 0 Å². The van der Waals surface area contributed by atoms with Crippen molar-refractivity contribution in [1.29, 1.82) is 0 Å². The number of ether oxygens (including phenoxy) is 1. The molecule has 0 aliphatic rings. The van der Waals surface area contributed by atoms with E-state index >= 15 is 0 Å². The van der Waals surface area contributed by atoms with E-state index in [-0.39, 0.29) is 0 Å². The monoisotopic (exact) mass is 224 g/mol. The highest BCUT2D eigenvalue weighted by Crippen LogP contribution is 2.37. The zero-order valence-electron chi connectivity index (χ0n) is 9.53. The molecule has 3 heteroatoms. The van der Waals surface area contributed by atoms with Gasteiger partial charge in [0.25, 0.3) is 0 Å². The summed E-state index contributed by atoms with van der Waals surface area (Å²) in [6, 6.07) is 5.88. The summed E-state index contributed by atoms with van der Waals surface area (Å²) in [5, 5.41) is 0. The molecular weight excluding hydrogens is 208 g/mol. The number of aldehydes is 1. The van der Waals surface area contributed by atoms with Gasteiger partial charge in [-0.25, -0.2) is 0 Å². The van der Waals surface area contributed by atoms with Crippen LogP contribution in [0.2, 0.25) is 0 Å². The van der Waals surface area contributed by atoms with Crippen LogP contribution in [0.25, 0.3) is 0 Å². The smallest absolute Gasteiger partial charge is 0.136 e. The molecule has 0 heterocycles. The normalized spacial score (nSPS) is 11.2. The van der Waals surface area contributed by atoms with Crippen molar-refractivity contribution >= 4 is 18.0 Å². The number of thioether (sulfide) groups is 1.